The predicted octanol–water partition coefficient (Wildman–Crippen LogP) is 1.84. The maximum Gasteiger partial charge on any atom is 0.160 e. The Morgan fingerprint density at radius 3 is 2.46 bits per heavy atom. The number of hydrogen-bond donors (Lipinski definition) is 5. The highest BCUT2D eigenvalue weighted by molar-refractivity contribution is 5.43. The van der Waals surface area contributed by atoms with Crippen LogP contribution < -0.4 is 4.74 Å². The van der Waals surface area contributed by atoms with Crippen molar-refractivity contribution in [3.63, 3.8) is 0 Å². The highest BCUT2D eigenvalue weighted by atomic mass is 16.5. The lowest BCUT2D eigenvalue weighted by Crippen LogP contribution is -2.25. The average Bonchev–Trinajstić information content (AvgIpc) is 3.07. The van der Waals surface area contributed by atoms with Gasteiger partial charge in [-0.3, -0.25) is 0 Å². The van der Waals surface area contributed by atoms with Gasteiger partial charge in [-0.1, -0.05) is 12.1 Å². The molecule has 1 aliphatic heterocycles. The van der Waals surface area contributed by atoms with Gasteiger partial charge in [0.2, 0.25) is 0 Å². The summed E-state index contributed by atoms with van der Waals surface area (Å²) in [4.78, 5) is 0. The third-order valence-electron chi connectivity index (χ3n) is 4.90. The minimum atomic E-state index is -0.933. The highest BCUT2D eigenvalue weighted by Gasteiger charge is 2.42. The van der Waals surface area contributed by atoms with E-state index in [1.165, 1.54) is 25.3 Å². The van der Waals surface area contributed by atoms with Gasteiger partial charge in [0.1, 0.15) is 0 Å². The molecule has 2 aromatic rings. The van der Waals surface area contributed by atoms with Gasteiger partial charge in [0.25, 0.3) is 0 Å². The molecule has 4 atom stereocenters. The van der Waals surface area contributed by atoms with Crippen LogP contribution in [0, 0.1) is 11.8 Å². The standard InChI is InChI=1S/C19H22O7/c1-25-17-7-10(2-5-15(17)22)18(24)13-9-26-19(12(13)8-20)11-3-4-14(21)16(23)6-11/h2-7,12-13,18-24H,8-9H2,1H3/t12-,13?,18-,19+/m0/s1. The van der Waals surface area contributed by atoms with Gasteiger partial charge in [-0.2, -0.15) is 0 Å². The lowest BCUT2D eigenvalue weighted by molar-refractivity contribution is 0.0632. The first-order chi connectivity index (χ1) is 12.5. The molecule has 5 N–H and O–H groups in total. The molecule has 1 unspecified atom stereocenters. The van der Waals surface area contributed by atoms with Crippen molar-refractivity contribution in [3.05, 3.63) is 47.5 Å². The van der Waals surface area contributed by atoms with Gasteiger partial charge in [0, 0.05) is 18.4 Å². The number of benzene rings is 2. The largest absolute Gasteiger partial charge is 0.504 e. The summed E-state index contributed by atoms with van der Waals surface area (Å²) < 4.78 is 10.9. The minimum Gasteiger partial charge on any atom is -0.504 e. The first-order valence-corrected chi connectivity index (χ1v) is 8.25. The number of aromatic hydroxyl groups is 3. The second kappa shape index (κ2) is 7.41. The summed E-state index contributed by atoms with van der Waals surface area (Å²) in [5, 5.41) is 49.5. The zero-order chi connectivity index (χ0) is 18.8. The molecule has 0 aliphatic carbocycles. The average molecular weight is 362 g/mol. The Bertz CT molecular complexity index is 776. The van der Waals surface area contributed by atoms with Gasteiger partial charge < -0.3 is 35.0 Å². The number of aliphatic hydroxyl groups excluding tert-OH is 2. The monoisotopic (exact) mass is 362 g/mol. The van der Waals surface area contributed by atoms with E-state index in [4.69, 9.17) is 9.47 Å². The summed E-state index contributed by atoms with van der Waals surface area (Å²) in [6.45, 7) is -0.00879. The first-order valence-electron chi connectivity index (χ1n) is 8.25. The zero-order valence-electron chi connectivity index (χ0n) is 14.2. The Balaban J connectivity index is 1.85. The molecule has 1 fully saturated rings. The number of phenols is 3. The van der Waals surface area contributed by atoms with Crippen LogP contribution in [0.25, 0.3) is 0 Å². The van der Waals surface area contributed by atoms with Crippen molar-refractivity contribution in [1.29, 1.82) is 0 Å². The molecule has 26 heavy (non-hydrogen) atoms. The van der Waals surface area contributed by atoms with Gasteiger partial charge in [-0.25, -0.2) is 0 Å². The molecule has 3 rings (SSSR count). The predicted molar refractivity (Wildman–Crippen MR) is 92.1 cm³/mol. The third kappa shape index (κ3) is 3.29. The molecule has 7 heteroatoms. The highest BCUT2D eigenvalue weighted by Crippen LogP contribution is 2.45. The van der Waals surface area contributed by atoms with E-state index in [1.807, 2.05) is 0 Å². The summed E-state index contributed by atoms with van der Waals surface area (Å²) >= 11 is 0. The summed E-state index contributed by atoms with van der Waals surface area (Å²) in [5.74, 6) is -1.08. The molecule has 0 radical (unpaired) electrons. The Morgan fingerprint density at radius 2 is 1.81 bits per heavy atom. The number of hydrogen-bond acceptors (Lipinski definition) is 7. The van der Waals surface area contributed by atoms with Crippen molar-refractivity contribution in [3.8, 4) is 23.0 Å². The number of rotatable bonds is 5. The summed E-state index contributed by atoms with van der Waals surface area (Å²) in [7, 11) is 1.42. The fourth-order valence-corrected chi connectivity index (χ4v) is 3.43. The molecular weight excluding hydrogens is 340 g/mol. The molecule has 1 aliphatic rings. The maximum atomic E-state index is 10.8. The maximum absolute atomic E-state index is 10.8. The molecule has 0 aromatic heterocycles. The molecule has 140 valence electrons. The van der Waals surface area contributed by atoms with Crippen LogP contribution in [-0.2, 0) is 4.74 Å². The normalized spacial score (nSPS) is 23.7. The quantitative estimate of drug-likeness (QED) is 0.515. The van der Waals surface area contributed by atoms with Crippen LogP contribution in [0.5, 0.6) is 23.0 Å². The third-order valence-corrected chi connectivity index (χ3v) is 4.90. The number of methoxy groups -OCH3 is 1. The van der Waals surface area contributed by atoms with Crippen LogP contribution in [0.15, 0.2) is 36.4 Å². The van der Waals surface area contributed by atoms with Gasteiger partial charge >= 0.3 is 0 Å². The van der Waals surface area contributed by atoms with E-state index in [9.17, 15) is 25.5 Å². The van der Waals surface area contributed by atoms with Crippen LogP contribution in [-0.4, -0.2) is 45.9 Å². The van der Waals surface area contributed by atoms with E-state index >= 15 is 0 Å². The van der Waals surface area contributed by atoms with E-state index in [2.05, 4.69) is 0 Å². The lowest BCUT2D eigenvalue weighted by atomic mass is 9.82. The Kier molecular flexibility index (Phi) is 5.22. The molecule has 0 spiro atoms. The fraction of sp³-hybridized carbons (Fsp3) is 0.368. The molecule has 0 bridgehead atoms. The van der Waals surface area contributed by atoms with Crippen molar-refractivity contribution in [2.45, 2.75) is 12.2 Å². The summed E-state index contributed by atoms with van der Waals surface area (Å²) in [6, 6.07) is 8.94. The van der Waals surface area contributed by atoms with Gasteiger partial charge in [-0.15, -0.1) is 0 Å². The number of phenolic OH excluding ortho intramolecular Hbond substituents is 3. The van der Waals surface area contributed by atoms with Gasteiger partial charge in [0.15, 0.2) is 23.0 Å². The SMILES string of the molecule is COc1cc([C@H](O)C2CO[C@H](c3ccc(O)c(O)c3)[C@H]2CO)ccc1O. The topological polar surface area (TPSA) is 120 Å². The van der Waals surface area contributed by atoms with E-state index in [0.29, 0.717) is 11.1 Å². The summed E-state index contributed by atoms with van der Waals surface area (Å²) in [6.07, 6.45) is -1.46. The molecule has 2 aromatic carbocycles. The van der Waals surface area contributed by atoms with Crippen LogP contribution in [0.3, 0.4) is 0 Å². The number of ether oxygens (including phenoxy) is 2. The van der Waals surface area contributed by atoms with Gasteiger partial charge in [0.05, 0.1) is 25.9 Å². The van der Waals surface area contributed by atoms with Crippen molar-refractivity contribution >= 4 is 0 Å². The van der Waals surface area contributed by atoms with Crippen LogP contribution >= 0.6 is 0 Å². The van der Waals surface area contributed by atoms with Crippen LogP contribution in [0.1, 0.15) is 23.3 Å². The smallest absolute Gasteiger partial charge is 0.160 e. The van der Waals surface area contributed by atoms with Crippen molar-refractivity contribution in [1.82, 2.24) is 0 Å². The summed E-state index contributed by atoms with van der Waals surface area (Å²) in [5.41, 5.74) is 1.15. The van der Waals surface area contributed by atoms with Crippen molar-refractivity contribution in [2.75, 3.05) is 20.3 Å². The first kappa shape index (κ1) is 18.3. The molecule has 1 heterocycles. The van der Waals surface area contributed by atoms with E-state index in [1.54, 1.807) is 18.2 Å². The molecule has 0 saturated carbocycles. The second-order valence-corrected chi connectivity index (χ2v) is 6.39. The van der Waals surface area contributed by atoms with E-state index < -0.39 is 24.0 Å². The molecule has 7 nitrogen and oxygen atoms in total. The Hall–Kier alpha value is -2.48. The van der Waals surface area contributed by atoms with Crippen molar-refractivity contribution in [2.24, 2.45) is 11.8 Å². The fourth-order valence-electron chi connectivity index (χ4n) is 3.43. The Labute approximate surface area is 150 Å². The zero-order valence-corrected chi connectivity index (χ0v) is 14.2. The Morgan fingerprint density at radius 1 is 1.08 bits per heavy atom. The second-order valence-electron chi connectivity index (χ2n) is 6.39. The number of aliphatic hydroxyl groups is 2. The molecule has 1 saturated heterocycles. The van der Waals surface area contributed by atoms with E-state index in [0.717, 1.165) is 0 Å². The molecular formula is C19H22O7. The molecule has 0 amide bonds. The van der Waals surface area contributed by atoms with Crippen LogP contribution in [0.2, 0.25) is 0 Å². The van der Waals surface area contributed by atoms with Gasteiger partial charge in [-0.05, 0) is 35.4 Å². The van der Waals surface area contributed by atoms with E-state index in [-0.39, 0.29) is 36.2 Å². The van der Waals surface area contributed by atoms with Crippen LogP contribution in [0.4, 0.5) is 0 Å². The lowest BCUT2D eigenvalue weighted by Gasteiger charge is -2.25. The van der Waals surface area contributed by atoms with Crippen molar-refractivity contribution < 1.29 is 35.0 Å². The minimum absolute atomic E-state index is 0.0257.